The van der Waals surface area contributed by atoms with Crippen LogP contribution < -0.4 is 5.56 Å². The maximum absolute atomic E-state index is 11.0. The average Bonchev–Trinajstić information content (AvgIpc) is 2.48. The molecule has 0 aliphatic heterocycles. The predicted molar refractivity (Wildman–Crippen MR) is 41.8 cm³/mol. The minimum absolute atomic E-state index is 0.243. The van der Waals surface area contributed by atoms with Crippen molar-refractivity contribution in [2.24, 2.45) is 0 Å². The monoisotopic (exact) mass is 170 g/mol. The number of nitrogens with one attached hydrogen (secondary N) is 1. The largest absolute Gasteiger partial charge is 0.467 e. The number of hydrogen-bond donors (Lipinski definition) is 1. The Hall–Kier alpha value is -1.52. The first-order valence-corrected chi connectivity index (χ1v) is 3.50. The van der Waals surface area contributed by atoms with Crippen LogP contribution in [0.5, 0.6) is 0 Å². The van der Waals surface area contributed by atoms with Crippen LogP contribution in [-0.4, -0.2) is 22.9 Å². The van der Waals surface area contributed by atoms with Crippen molar-refractivity contribution in [2.75, 3.05) is 7.11 Å². The highest BCUT2D eigenvalue weighted by atomic mass is 16.5. The van der Waals surface area contributed by atoms with Crippen molar-refractivity contribution < 1.29 is 9.53 Å². The molecule has 5 heteroatoms. The van der Waals surface area contributed by atoms with Crippen molar-refractivity contribution in [3.8, 4) is 0 Å². The number of carbonyl (C=O) groups excluding carboxylic acids is 1. The van der Waals surface area contributed by atoms with E-state index in [1.807, 2.05) is 0 Å². The Morgan fingerprint density at radius 3 is 2.83 bits per heavy atom. The molecule has 1 atom stereocenters. The molecule has 0 fully saturated rings. The third kappa shape index (κ3) is 1.39. The molecule has 0 unspecified atom stereocenters. The Kier molecular flexibility index (Phi) is 2.32. The van der Waals surface area contributed by atoms with Crippen LogP contribution in [0.15, 0.2) is 17.1 Å². The third-order valence-electron chi connectivity index (χ3n) is 1.61. The van der Waals surface area contributed by atoms with Gasteiger partial charge in [0.25, 0.3) is 5.56 Å². The molecule has 1 rings (SSSR count). The smallest absolute Gasteiger partial charge is 0.330 e. The van der Waals surface area contributed by atoms with Gasteiger partial charge in [-0.05, 0) is 6.92 Å². The molecular formula is C7H10N2O3. The topological polar surface area (TPSA) is 64.1 Å². The van der Waals surface area contributed by atoms with Crippen molar-refractivity contribution in [1.82, 2.24) is 9.78 Å². The van der Waals surface area contributed by atoms with Gasteiger partial charge in [0.15, 0.2) is 0 Å². The van der Waals surface area contributed by atoms with Gasteiger partial charge in [-0.3, -0.25) is 4.79 Å². The molecule has 0 spiro atoms. The first-order valence-electron chi connectivity index (χ1n) is 3.50. The summed E-state index contributed by atoms with van der Waals surface area (Å²) in [7, 11) is 1.28. The van der Waals surface area contributed by atoms with E-state index in [-0.39, 0.29) is 5.56 Å². The first kappa shape index (κ1) is 8.58. The van der Waals surface area contributed by atoms with Crippen LogP contribution in [0.2, 0.25) is 0 Å². The lowest BCUT2D eigenvalue weighted by atomic mass is 10.3. The number of esters is 1. The van der Waals surface area contributed by atoms with E-state index in [2.05, 4.69) is 9.84 Å². The average molecular weight is 170 g/mol. The highest BCUT2D eigenvalue weighted by Crippen LogP contribution is 2.00. The zero-order valence-corrected chi connectivity index (χ0v) is 6.90. The zero-order chi connectivity index (χ0) is 9.14. The number of rotatable bonds is 2. The Labute approximate surface area is 68.9 Å². The van der Waals surface area contributed by atoms with E-state index < -0.39 is 12.0 Å². The van der Waals surface area contributed by atoms with Gasteiger partial charge < -0.3 is 9.84 Å². The number of ether oxygens (including phenoxy) is 1. The van der Waals surface area contributed by atoms with Crippen LogP contribution in [0.25, 0.3) is 0 Å². The lowest BCUT2D eigenvalue weighted by Crippen LogP contribution is -2.26. The van der Waals surface area contributed by atoms with Crippen molar-refractivity contribution in [3.63, 3.8) is 0 Å². The standard InChI is InChI=1S/C7H10N2O3/c1-5(7(11)12-2)9-6(10)3-4-8-9/h3-5,8H,1-2H3/t5-/m1/s1. The summed E-state index contributed by atoms with van der Waals surface area (Å²) < 4.78 is 5.67. The van der Waals surface area contributed by atoms with E-state index in [0.29, 0.717) is 0 Å². The summed E-state index contributed by atoms with van der Waals surface area (Å²) in [5, 5.41) is 2.62. The minimum Gasteiger partial charge on any atom is -0.467 e. The molecule has 0 aromatic carbocycles. The number of nitrogens with zero attached hydrogens (tertiary/aromatic N) is 1. The fourth-order valence-corrected chi connectivity index (χ4v) is 0.911. The second-order valence-corrected chi connectivity index (χ2v) is 2.37. The van der Waals surface area contributed by atoms with Gasteiger partial charge in [-0.15, -0.1) is 0 Å². The van der Waals surface area contributed by atoms with E-state index in [1.54, 1.807) is 6.92 Å². The van der Waals surface area contributed by atoms with Crippen molar-refractivity contribution in [1.29, 1.82) is 0 Å². The fraction of sp³-hybridized carbons (Fsp3) is 0.429. The molecular weight excluding hydrogens is 160 g/mol. The number of hydrogen-bond acceptors (Lipinski definition) is 3. The van der Waals surface area contributed by atoms with Crippen LogP contribution in [0.3, 0.4) is 0 Å². The molecule has 1 N–H and O–H groups in total. The van der Waals surface area contributed by atoms with Gasteiger partial charge in [0.05, 0.1) is 7.11 Å². The lowest BCUT2D eigenvalue weighted by Gasteiger charge is -2.08. The van der Waals surface area contributed by atoms with Crippen LogP contribution >= 0.6 is 0 Å². The molecule has 0 radical (unpaired) electrons. The molecule has 1 aromatic heterocycles. The number of aromatic nitrogens is 2. The number of aromatic amines is 1. The van der Waals surface area contributed by atoms with Crippen LogP contribution in [0.4, 0.5) is 0 Å². The molecule has 1 aromatic rings. The van der Waals surface area contributed by atoms with E-state index >= 15 is 0 Å². The van der Waals surface area contributed by atoms with E-state index in [0.717, 1.165) is 0 Å². The Balaban J connectivity index is 2.92. The van der Waals surface area contributed by atoms with Gasteiger partial charge in [-0.2, -0.15) is 0 Å². The third-order valence-corrected chi connectivity index (χ3v) is 1.61. The Bertz CT molecular complexity index is 325. The second kappa shape index (κ2) is 3.25. The van der Waals surface area contributed by atoms with Gasteiger partial charge >= 0.3 is 5.97 Å². The molecule has 0 amide bonds. The molecule has 0 aliphatic carbocycles. The quantitative estimate of drug-likeness (QED) is 0.631. The van der Waals surface area contributed by atoms with Crippen LogP contribution in [-0.2, 0) is 9.53 Å². The van der Waals surface area contributed by atoms with Gasteiger partial charge in [-0.25, -0.2) is 9.48 Å². The minimum atomic E-state index is -0.600. The summed E-state index contributed by atoms with van der Waals surface area (Å²) in [4.78, 5) is 22.0. The van der Waals surface area contributed by atoms with E-state index in [9.17, 15) is 9.59 Å². The molecule has 0 saturated carbocycles. The molecule has 0 saturated heterocycles. The Morgan fingerprint density at radius 1 is 1.75 bits per heavy atom. The maximum Gasteiger partial charge on any atom is 0.330 e. The Morgan fingerprint density at radius 2 is 2.42 bits per heavy atom. The lowest BCUT2D eigenvalue weighted by molar-refractivity contribution is -0.144. The molecule has 5 nitrogen and oxygen atoms in total. The van der Waals surface area contributed by atoms with Crippen LogP contribution in [0, 0.1) is 0 Å². The van der Waals surface area contributed by atoms with E-state index in [1.165, 1.54) is 24.1 Å². The zero-order valence-electron chi connectivity index (χ0n) is 6.90. The van der Waals surface area contributed by atoms with Gasteiger partial charge in [-0.1, -0.05) is 0 Å². The second-order valence-electron chi connectivity index (χ2n) is 2.37. The molecule has 0 aliphatic rings. The summed E-state index contributed by atoms with van der Waals surface area (Å²) in [5.41, 5.74) is -0.243. The van der Waals surface area contributed by atoms with Crippen LogP contribution in [0.1, 0.15) is 13.0 Å². The molecule has 12 heavy (non-hydrogen) atoms. The summed E-state index contributed by atoms with van der Waals surface area (Å²) in [6, 6.07) is 0.747. The summed E-state index contributed by atoms with van der Waals surface area (Å²) >= 11 is 0. The van der Waals surface area contributed by atoms with Gasteiger partial charge in [0.2, 0.25) is 0 Å². The normalized spacial score (nSPS) is 12.5. The number of methoxy groups -OCH3 is 1. The van der Waals surface area contributed by atoms with Crippen molar-refractivity contribution >= 4 is 5.97 Å². The van der Waals surface area contributed by atoms with Crippen molar-refractivity contribution in [3.05, 3.63) is 22.6 Å². The fourth-order valence-electron chi connectivity index (χ4n) is 0.911. The van der Waals surface area contributed by atoms with Gasteiger partial charge in [0, 0.05) is 12.3 Å². The van der Waals surface area contributed by atoms with Crippen molar-refractivity contribution in [2.45, 2.75) is 13.0 Å². The first-order chi connectivity index (χ1) is 5.66. The predicted octanol–water partition coefficient (Wildman–Crippen LogP) is -0.0896. The summed E-state index contributed by atoms with van der Waals surface area (Å²) in [5.74, 6) is -0.445. The molecule has 66 valence electrons. The summed E-state index contributed by atoms with van der Waals surface area (Å²) in [6.07, 6.45) is 1.47. The SMILES string of the molecule is COC(=O)[C@@H](C)n1[nH]ccc1=O. The molecule has 0 bridgehead atoms. The highest BCUT2D eigenvalue weighted by Gasteiger charge is 2.16. The summed E-state index contributed by atoms with van der Waals surface area (Å²) in [6.45, 7) is 1.59. The number of H-pyrrole nitrogens is 1. The molecule has 1 heterocycles. The van der Waals surface area contributed by atoms with Gasteiger partial charge in [0.1, 0.15) is 6.04 Å². The van der Waals surface area contributed by atoms with E-state index in [4.69, 9.17) is 0 Å². The number of carbonyl (C=O) groups is 1. The highest BCUT2D eigenvalue weighted by molar-refractivity contribution is 5.73. The maximum atomic E-state index is 11.0.